The van der Waals surface area contributed by atoms with Crippen molar-refractivity contribution >= 4 is 11.8 Å². The van der Waals surface area contributed by atoms with Gasteiger partial charge in [0.1, 0.15) is 12.4 Å². The van der Waals surface area contributed by atoms with E-state index in [1.807, 2.05) is 17.9 Å². The number of aliphatic hydroxyl groups excluding tert-OH is 1. The summed E-state index contributed by atoms with van der Waals surface area (Å²) < 4.78 is 16.6. The molecule has 0 aliphatic carbocycles. The van der Waals surface area contributed by atoms with E-state index in [2.05, 4.69) is 32.3 Å². The number of nitrogens with one attached hydrogen (secondary N) is 1. The standard InChI is InChI=1S/C32H41N5O6/c1-21-30(43-20-34-21)19-42-29-5-4-25-17-36(9-8-24(25)14-29)18-28(39)16-33-32(40)26-13-27(35-31(15-26)41-3)12-23-6-10-37(11-7-23)22(2)38/h4-5,13-15,20,23,28,39H,6-12,16-19H2,1-3H3,(H,33,40)/t28-/m0/s1. The average molecular weight is 592 g/mol. The molecule has 1 saturated heterocycles. The quantitative estimate of drug-likeness (QED) is 0.346. The molecule has 230 valence electrons. The van der Waals surface area contributed by atoms with Gasteiger partial charge >= 0.3 is 0 Å². The highest BCUT2D eigenvalue weighted by atomic mass is 16.5. The molecule has 0 spiro atoms. The highest BCUT2D eigenvalue weighted by Crippen LogP contribution is 2.26. The zero-order chi connectivity index (χ0) is 30.3. The fourth-order valence-electron chi connectivity index (χ4n) is 5.77. The molecule has 2 aromatic heterocycles. The number of fused-ring (bicyclic) bond motifs is 1. The number of ether oxygens (including phenoxy) is 2. The monoisotopic (exact) mass is 591 g/mol. The lowest BCUT2D eigenvalue weighted by Gasteiger charge is -2.31. The van der Waals surface area contributed by atoms with E-state index >= 15 is 0 Å². The summed E-state index contributed by atoms with van der Waals surface area (Å²) >= 11 is 0. The summed E-state index contributed by atoms with van der Waals surface area (Å²) in [4.78, 5) is 37.4. The molecule has 1 aromatic carbocycles. The number of aromatic nitrogens is 2. The van der Waals surface area contributed by atoms with Gasteiger partial charge in [0.05, 0.1) is 18.9 Å². The van der Waals surface area contributed by atoms with E-state index in [1.54, 1.807) is 19.1 Å². The van der Waals surface area contributed by atoms with Crippen molar-refractivity contribution in [1.29, 1.82) is 0 Å². The summed E-state index contributed by atoms with van der Waals surface area (Å²) in [5, 5.41) is 13.6. The number of nitrogens with zero attached hydrogens (tertiary/aromatic N) is 4. The van der Waals surface area contributed by atoms with Crippen LogP contribution < -0.4 is 14.8 Å². The normalized spacial score (nSPS) is 16.4. The maximum Gasteiger partial charge on any atom is 0.251 e. The number of hydrogen-bond acceptors (Lipinski definition) is 9. The van der Waals surface area contributed by atoms with Crippen molar-refractivity contribution in [3.63, 3.8) is 0 Å². The number of piperidine rings is 1. The van der Waals surface area contributed by atoms with E-state index in [1.165, 1.54) is 24.6 Å². The largest absolute Gasteiger partial charge is 0.486 e. The molecule has 4 heterocycles. The summed E-state index contributed by atoms with van der Waals surface area (Å²) in [6, 6.07) is 9.52. The molecule has 2 N–H and O–H groups in total. The summed E-state index contributed by atoms with van der Waals surface area (Å²) in [5.74, 6) is 2.13. The first-order valence-corrected chi connectivity index (χ1v) is 14.9. The number of aliphatic hydroxyl groups is 1. The second-order valence-electron chi connectivity index (χ2n) is 11.5. The maximum atomic E-state index is 13.0. The van der Waals surface area contributed by atoms with E-state index < -0.39 is 6.10 Å². The van der Waals surface area contributed by atoms with Crippen LogP contribution in [0.4, 0.5) is 0 Å². The maximum absolute atomic E-state index is 13.0. The number of oxazole rings is 1. The van der Waals surface area contributed by atoms with Crippen molar-refractivity contribution < 1.29 is 28.6 Å². The van der Waals surface area contributed by atoms with Gasteiger partial charge in [0, 0.05) is 63.5 Å². The highest BCUT2D eigenvalue weighted by molar-refractivity contribution is 5.94. The molecule has 2 aliphatic heterocycles. The predicted octanol–water partition coefficient (Wildman–Crippen LogP) is 2.92. The van der Waals surface area contributed by atoms with Crippen molar-refractivity contribution in [2.75, 3.05) is 39.8 Å². The fourth-order valence-corrected chi connectivity index (χ4v) is 5.77. The number of likely N-dealkylation sites (tertiary alicyclic amines) is 1. The summed E-state index contributed by atoms with van der Waals surface area (Å²) in [5.41, 5.74) is 4.51. The lowest BCUT2D eigenvalue weighted by molar-refractivity contribution is -0.130. The van der Waals surface area contributed by atoms with Gasteiger partial charge in [-0.3, -0.25) is 14.5 Å². The van der Waals surface area contributed by atoms with E-state index in [0.717, 1.165) is 74.8 Å². The Kier molecular flexibility index (Phi) is 9.93. The number of hydrogen-bond donors (Lipinski definition) is 2. The fraction of sp³-hybridized carbons (Fsp3) is 0.500. The van der Waals surface area contributed by atoms with Gasteiger partial charge in [0.25, 0.3) is 5.91 Å². The number of carbonyl (C=O) groups excluding carboxylic acids is 2. The molecule has 2 aliphatic rings. The summed E-state index contributed by atoms with van der Waals surface area (Å²) in [6.45, 7) is 7.44. The van der Waals surface area contributed by atoms with Crippen molar-refractivity contribution in [2.24, 2.45) is 5.92 Å². The third-order valence-electron chi connectivity index (χ3n) is 8.33. The zero-order valence-corrected chi connectivity index (χ0v) is 25.2. The smallest absolute Gasteiger partial charge is 0.251 e. The Bertz CT molecular complexity index is 1420. The average Bonchev–Trinajstić information content (AvgIpc) is 3.43. The Labute approximate surface area is 252 Å². The molecule has 1 atom stereocenters. The molecule has 43 heavy (non-hydrogen) atoms. The molecule has 3 aromatic rings. The van der Waals surface area contributed by atoms with Crippen LogP contribution in [0, 0.1) is 12.8 Å². The second kappa shape index (κ2) is 14.0. The molecule has 11 heteroatoms. The number of carbonyl (C=O) groups is 2. The van der Waals surface area contributed by atoms with E-state index in [4.69, 9.17) is 13.9 Å². The first kappa shape index (κ1) is 30.5. The van der Waals surface area contributed by atoms with Crippen LogP contribution >= 0.6 is 0 Å². The van der Waals surface area contributed by atoms with Crippen molar-refractivity contribution in [1.82, 2.24) is 25.1 Å². The summed E-state index contributed by atoms with van der Waals surface area (Å²) in [6.07, 6.45) is 4.09. The Morgan fingerprint density at radius 2 is 1.98 bits per heavy atom. The molecule has 11 nitrogen and oxygen atoms in total. The third kappa shape index (κ3) is 8.11. The second-order valence-corrected chi connectivity index (χ2v) is 11.5. The number of pyridine rings is 1. The van der Waals surface area contributed by atoms with Gasteiger partial charge < -0.3 is 29.2 Å². The number of rotatable bonds is 11. The van der Waals surface area contributed by atoms with E-state index in [9.17, 15) is 14.7 Å². The Morgan fingerprint density at radius 1 is 1.16 bits per heavy atom. The Morgan fingerprint density at radius 3 is 2.70 bits per heavy atom. The molecule has 1 fully saturated rings. The minimum atomic E-state index is -0.715. The molecule has 0 radical (unpaired) electrons. The van der Waals surface area contributed by atoms with Crippen LogP contribution in [-0.4, -0.2) is 82.6 Å². The number of benzene rings is 1. The van der Waals surface area contributed by atoms with Gasteiger partial charge in [-0.1, -0.05) is 6.07 Å². The van der Waals surface area contributed by atoms with Crippen LogP contribution in [-0.2, 0) is 30.8 Å². The third-order valence-corrected chi connectivity index (χ3v) is 8.33. The van der Waals surface area contributed by atoms with Gasteiger partial charge in [-0.2, -0.15) is 0 Å². The van der Waals surface area contributed by atoms with Crippen LogP contribution in [0.1, 0.15) is 58.4 Å². The lowest BCUT2D eigenvalue weighted by Crippen LogP contribution is -2.42. The Balaban J connectivity index is 1.09. The van der Waals surface area contributed by atoms with Gasteiger partial charge in [-0.25, -0.2) is 9.97 Å². The molecular formula is C32H41N5O6. The molecular weight excluding hydrogens is 550 g/mol. The molecule has 2 amide bonds. The molecule has 0 saturated carbocycles. The van der Waals surface area contributed by atoms with Gasteiger partial charge in [0.2, 0.25) is 11.8 Å². The van der Waals surface area contributed by atoms with Crippen LogP contribution in [0.25, 0.3) is 0 Å². The predicted molar refractivity (Wildman–Crippen MR) is 159 cm³/mol. The van der Waals surface area contributed by atoms with Crippen LogP contribution in [0.2, 0.25) is 0 Å². The zero-order valence-electron chi connectivity index (χ0n) is 25.2. The molecule has 0 bridgehead atoms. The minimum Gasteiger partial charge on any atom is -0.486 e. The lowest BCUT2D eigenvalue weighted by atomic mass is 9.91. The van der Waals surface area contributed by atoms with Gasteiger partial charge in [-0.05, 0) is 67.9 Å². The topological polar surface area (TPSA) is 130 Å². The molecule has 5 rings (SSSR count). The van der Waals surface area contributed by atoms with Crippen LogP contribution in [0.15, 0.2) is 41.1 Å². The number of methoxy groups -OCH3 is 1. The van der Waals surface area contributed by atoms with Crippen molar-refractivity contribution in [3.8, 4) is 11.6 Å². The number of amides is 2. The van der Waals surface area contributed by atoms with Crippen molar-refractivity contribution in [3.05, 3.63) is 70.6 Å². The van der Waals surface area contributed by atoms with E-state index in [-0.39, 0.29) is 18.4 Å². The first-order chi connectivity index (χ1) is 20.8. The van der Waals surface area contributed by atoms with E-state index in [0.29, 0.717) is 30.5 Å². The minimum absolute atomic E-state index is 0.110. The Hall–Kier alpha value is -3.96. The van der Waals surface area contributed by atoms with Gasteiger partial charge in [-0.15, -0.1) is 0 Å². The number of β-amino-alcohol motifs (C(OH)–C–C–N with tert-alkyl or cyclic N) is 1. The number of aryl methyl sites for hydroxylation is 1. The van der Waals surface area contributed by atoms with Gasteiger partial charge in [0.15, 0.2) is 12.2 Å². The summed E-state index contributed by atoms with van der Waals surface area (Å²) in [7, 11) is 1.53. The van der Waals surface area contributed by atoms with Crippen molar-refractivity contribution in [2.45, 2.75) is 58.8 Å². The SMILES string of the molecule is COc1cc(C(=O)NC[C@H](O)CN2CCc3cc(OCc4ocnc4C)ccc3C2)cc(CC2CCN(C(C)=O)CC2)n1. The highest BCUT2D eigenvalue weighted by Gasteiger charge is 2.23. The first-order valence-electron chi connectivity index (χ1n) is 14.9. The molecule has 0 unspecified atom stereocenters. The van der Waals surface area contributed by atoms with Crippen LogP contribution in [0.3, 0.4) is 0 Å². The van der Waals surface area contributed by atoms with Crippen LogP contribution in [0.5, 0.6) is 11.6 Å².